The second-order valence-corrected chi connectivity index (χ2v) is 2.99. The van der Waals surface area contributed by atoms with Crippen LogP contribution in [0.25, 0.3) is 0 Å². The third-order valence-electron chi connectivity index (χ3n) is 2.06. The zero-order chi connectivity index (χ0) is 10.6. The van der Waals surface area contributed by atoms with E-state index in [0.29, 0.717) is 11.3 Å². The minimum Gasteiger partial charge on any atom is -0.496 e. The fraction of sp³-hybridized carbons (Fsp3) is 0.273. The van der Waals surface area contributed by atoms with Crippen LogP contribution in [0.3, 0.4) is 0 Å². The lowest BCUT2D eigenvalue weighted by atomic mass is 10.00. The van der Waals surface area contributed by atoms with Crippen molar-refractivity contribution in [2.24, 2.45) is 0 Å². The van der Waals surface area contributed by atoms with Crippen molar-refractivity contribution >= 4 is 6.29 Å². The Hall–Kier alpha value is -1.82. The van der Waals surface area contributed by atoms with Crippen molar-refractivity contribution in [3.8, 4) is 11.8 Å². The largest absolute Gasteiger partial charge is 0.496 e. The molecule has 0 radical (unpaired) electrons. The third kappa shape index (κ3) is 1.91. The van der Waals surface area contributed by atoms with Gasteiger partial charge in [-0.05, 0) is 12.1 Å². The normalized spacial score (nSPS) is 11.5. The molecule has 1 aromatic rings. The highest BCUT2D eigenvalue weighted by Crippen LogP contribution is 2.26. The van der Waals surface area contributed by atoms with E-state index in [1.807, 2.05) is 6.07 Å². The van der Waals surface area contributed by atoms with Crippen molar-refractivity contribution in [2.45, 2.75) is 12.8 Å². The first kappa shape index (κ1) is 10.3. The van der Waals surface area contributed by atoms with E-state index in [9.17, 15) is 4.79 Å². The first-order valence-electron chi connectivity index (χ1n) is 4.26. The number of carbonyl (C=O) groups is 1. The Morgan fingerprint density at radius 2 is 2.29 bits per heavy atom. The molecule has 0 amide bonds. The molecule has 1 rings (SSSR count). The molecule has 14 heavy (non-hydrogen) atoms. The zero-order valence-electron chi connectivity index (χ0n) is 8.15. The smallest absolute Gasteiger partial charge is 0.127 e. The number of rotatable bonds is 3. The summed E-state index contributed by atoms with van der Waals surface area (Å²) in [5.41, 5.74) is 1.34. The van der Waals surface area contributed by atoms with Crippen LogP contribution in [0.5, 0.6) is 5.75 Å². The van der Waals surface area contributed by atoms with Crippen LogP contribution in [-0.2, 0) is 4.79 Å². The number of nitriles is 1. The summed E-state index contributed by atoms with van der Waals surface area (Å²) in [7, 11) is 1.53. The van der Waals surface area contributed by atoms with Crippen LogP contribution in [0.4, 0.5) is 0 Å². The fourth-order valence-electron chi connectivity index (χ4n) is 1.23. The van der Waals surface area contributed by atoms with Crippen LogP contribution in [0.2, 0.25) is 0 Å². The molecule has 72 valence electrons. The van der Waals surface area contributed by atoms with Gasteiger partial charge in [-0.15, -0.1) is 0 Å². The highest BCUT2D eigenvalue weighted by Gasteiger charge is 2.10. The standard InChI is InChI=1S/C11H11NO2/c1-8(7-13)10-4-3-9(6-12)5-11(10)14-2/h3-5,7-8H,1-2H3. The summed E-state index contributed by atoms with van der Waals surface area (Å²) in [5, 5.41) is 8.67. The molecular formula is C11H11NO2. The van der Waals surface area contributed by atoms with Crippen molar-refractivity contribution in [1.29, 1.82) is 5.26 Å². The highest BCUT2D eigenvalue weighted by atomic mass is 16.5. The first-order chi connectivity index (χ1) is 6.72. The average Bonchev–Trinajstić information content (AvgIpc) is 2.27. The molecule has 0 spiro atoms. The Labute approximate surface area is 82.9 Å². The Balaban J connectivity index is 3.19. The molecule has 1 unspecified atom stereocenters. The molecule has 0 fully saturated rings. The van der Waals surface area contributed by atoms with Gasteiger partial charge in [0.15, 0.2) is 0 Å². The lowest BCUT2D eigenvalue weighted by Crippen LogP contribution is -1.98. The van der Waals surface area contributed by atoms with Gasteiger partial charge in [-0.3, -0.25) is 0 Å². The predicted molar refractivity (Wildman–Crippen MR) is 52.2 cm³/mol. The van der Waals surface area contributed by atoms with Crippen molar-refractivity contribution in [2.75, 3.05) is 7.11 Å². The molecule has 0 aliphatic carbocycles. The van der Waals surface area contributed by atoms with Crippen LogP contribution in [0.15, 0.2) is 18.2 Å². The molecule has 3 nitrogen and oxygen atoms in total. The van der Waals surface area contributed by atoms with Crippen LogP contribution < -0.4 is 4.74 Å². The zero-order valence-corrected chi connectivity index (χ0v) is 8.15. The average molecular weight is 189 g/mol. The Kier molecular flexibility index (Phi) is 3.24. The summed E-state index contributed by atoms with van der Waals surface area (Å²) >= 11 is 0. The van der Waals surface area contributed by atoms with Gasteiger partial charge >= 0.3 is 0 Å². The van der Waals surface area contributed by atoms with Gasteiger partial charge in [-0.1, -0.05) is 13.0 Å². The van der Waals surface area contributed by atoms with Crippen molar-refractivity contribution in [3.63, 3.8) is 0 Å². The highest BCUT2D eigenvalue weighted by molar-refractivity contribution is 5.64. The van der Waals surface area contributed by atoms with Crippen LogP contribution in [-0.4, -0.2) is 13.4 Å². The monoisotopic (exact) mass is 189 g/mol. The number of carbonyl (C=O) groups excluding carboxylic acids is 1. The second kappa shape index (κ2) is 4.43. The summed E-state index contributed by atoms with van der Waals surface area (Å²) in [5.74, 6) is 0.376. The molecule has 3 heteroatoms. The Morgan fingerprint density at radius 1 is 1.57 bits per heavy atom. The summed E-state index contributed by atoms with van der Waals surface area (Å²) < 4.78 is 5.10. The van der Waals surface area contributed by atoms with Gasteiger partial charge in [0.05, 0.1) is 18.7 Å². The predicted octanol–water partition coefficient (Wildman–Crippen LogP) is 1.87. The number of ether oxygens (including phenoxy) is 1. The summed E-state index contributed by atoms with van der Waals surface area (Å²) in [4.78, 5) is 10.6. The van der Waals surface area contributed by atoms with E-state index < -0.39 is 0 Å². The minimum absolute atomic E-state index is 0.210. The number of methoxy groups -OCH3 is 1. The maximum absolute atomic E-state index is 10.6. The minimum atomic E-state index is -0.210. The van der Waals surface area contributed by atoms with E-state index in [0.717, 1.165) is 11.8 Å². The van der Waals surface area contributed by atoms with Crippen LogP contribution in [0.1, 0.15) is 24.0 Å². The van der Waals surface area contributed by atoms with Gasteiger partial charge in [0.2, 0.25) is 0 Å². The van der Waals surface area contributed by atoms with E-state index in [4.69, 9.17) is 10.00 Å². The van der Waals surface area contributed by atoms with Crippen molar-refractivity contribution in [1.82, 2.24) is 0 Å². The van der Waals surface area contributed by atoms with E-state index in [-0.39, 0.29) is 5.92 Å². The van der Waals surface area contributed by atoms with Crippen LogP contribution in [0, 0.1) is 11.3 Å². The second-order valence-electron chi connectivity index (χ2n) is 2.99. The van der Waals surface area contributed by atoms with E-state index >= 15 is 0 Å². The lowest BCUT2D eigenvalue weighted by molar-refractivity contribution is -0.108. The molecule has 1 atom stereocenters. The molecule has 0 saturated carbocycles. The van der Waals surface area contributed by atoms with Crippen molar-refractivity contribution in [3.05, 3.63) is 29.3 Å². The van der Waals surface area contributed by atoms with Gasteiger partial charge in [-0.2, -0.15) is 5.26 Å². The molecule has 0 aliphatic heterocycles. The molecule has 0 N–H and O–H groups in total. The van der Waals surface area contributed by atoms with Gasteiger partial charge in [0.1, 0.15) is 12.0 Å². The number of hydrogen-bond donors (Lipinski definition) is 0. The summed E-state index contributed by atoms with van der Waals surface area (Å²) in [6.07, 6.45) is 0.851. The van der Waals surface area contributed by atoms with Crippen LogP contribution >= 0.6 is 0 Å². The first-order valence-corrected chi connectivity index (χ1v) is 4.26. The fourth-order valence-corrected chi connectivity index (χ4v) is 1.23. The van der Waals surface area contributed by atoms with Crippen molar-refractivity contribution < 1.29 is 9.53 Å². The molecule has 0 bridgehead atoms. The Morgan fingerprint density at radius 3 is 2.79 bits per heavy atom. The third-order valence-corrected chi connectivity index (χ3v) is 2.06. The van der Waals surface area contributed by atoms with E-state index in [1.165, 1.54) is 7.11 Å². The topological polar surface area (TPSA) is 50.1 Å². The molecular weight excluding hydrogens is 178 g/mol. The molecule has 0 aliphatic rings. The van der Waals surface area contributed by atoms with E-state index in [2.05, 4.69) is 0 Å². The lowest BCUT2D eigenvalue weighted by Gasteiger charge is -2.10. The number of aldehydes is 1. The van der Waals surface area contributed by atoms with Gasteiger partial charge in [0.25, 0.3) is 0 Å². The molecule has 1 aromatic carbocycles. The summed E-state index contributed by atoms with van der Waals surface area (Å²) in [6.45, 7) is 1.79. The SMILES string of the molecule is COc1cc(C#N)ccc1C(C)C=O. The van der Waals surface area contributed by atoms with Gasteiger partial charge in [-0.25, -0.2) is 0 Å². The summed E-state index contributed by atoms with van der Waals surface area (Å²) in [6, 6.07) is 7.08. The molecule has 0 heterocycles. The van der Waals surface area contributed by atoms with Gasteiger partial charge < -0.3 is 9.53 Å². The van der Waals surface area contributed by atoms with E-state index in [1.54, 1.807) is 25.1 Å². The molecule has 0 aromatic heterocycles. The Bertz CT molecular complexity index is 379. The maximum Gasteiger partial charge on any atom is 0.127 e. The quantitative estimate of drug-likeness (QED) is 0.682. The number of nitrogens with zero attached hydrogens (tertiary/aromatic N) is 1. The molecule has 0 saturated heterocycles. The number of benzene rings is 1. The number of hydrogen-bond acceptors (Lipinski definition) is 3. The maximum atomic E-state index is 10.6. The van der Waals surface area contributed by atoms with Gasteiger partial charge in [0, 0.05) is 11.5 Å².